The highest BCUT2D eigenvalue weighted by Gasteiger charge is 2.44. The molecule has 4 rings (SSSR count). The Morgan fingerprint density at radius 3 is 2.52 bits per heavy atom. The number of amides is 2. The fourth-order valence-electron chi connectivity index (χ4n) is 4.57. The monoisotopic (exact) mass is 483 g/mol. The number of carboxylic acid groups (broad SMARTS) is 1. The van der Waals surface area contributed by atoms with Crippen LogP contribution in [0.2, 0.25) is 5.02 Å². The molecule has 2 amide bonds. The predicted octanol–water partition coefficient (Wildman–Crippen LogP) is 4.74. The van der Waals surface area contributed by atoms with Crippen LogP contribution in [0, 0.1) is 0 Å². The van der Waals surface area contributed by atoms with E-state index in [9.17, 15) is 22.8 Å². The molecule has 0 saturated carbocycles. The van der Waals surface area contributed by atoms with Crippen LogP contribution in [0.15, 0.2) is 36.7 Å². The zero-order valence-electron chi connectivity index (χ0n) is 17.3. The molecule has 2 aliphatic rings. The van der Waals surface area contributed by atoms with Crippen LogP contribution in [-0.4, -0.2) is 45.2 Å². The van der Waals surface area contributed by atoms with Gasteiger partial charge in [-0.15, -0.1) is 0 Å². The van der Waals surface area contributed by atoms with E-state index in [4.69, 9.17) is 21.4 Å². The second-order valence-corrected chi connectivity index (χ2v) is 8.55. The van der Waals surface area contributed by atoms with Crippen LogP contribution in [0.25, 0.3) is 0 Å². The molecule has 7 nitrogen and oxygen atoms in total. The van der Waals surface area contributed by atoms with Crippen LogP contribution in [0.3, 0.4) is 0 Å². The third-order valence-electron chi connectivity index (χ3n) is 6.04. The molecule has 0 spiro atoms. The van der Waals surface area contributed by atoms with Crippen molar-refractivity contribution in [1.29, 1.82) is 0 Å². The number of hydrogen-bond acceptors (Lipinski definition) is 4. The lowest BCUT2D eigenvalue weighted by molar-refractivity contribution is -0.138. The van der Waals surface area contributed by atoms with Crippen molar-refractivity contribution < 1.29 is 32.6 Å². The topological polar surface area (TPSA) is 91.8 Å². The van der Waals surface area contributed by atoms with Crippen molar-refractivity contribution in [2.45, 2.75) is 56.6 Å². The number of piperidine rings is 1. The second-order valence-electron chi connectivity index (χ2n) is 8.14. The molecule has 3 heterocycles. The van der Waals surface area contributed by atoms with Gasteiger partial charge in [0.15, 0.2) is 0 Å². The highest BCUT2D eigenvalue weighted by atomic mass is 35.5. The Hall–Kier alpha value is -3.01. The van der Waals surface area contributed by atoms with Crippen LogP contribution in [0.5, 0.6) is 5.75 Å². The average Bonchev–Trinajstić information content (AvgIpc) is 3.03. The molecule has 33 heavy (non-hydrogen) atoms. The molecule has 11 heteroatoms. The lowest BCUT2D eigenvalue weighted by atomic mass is 10.00. The molecule has 0 radical (unpaired) electrons. The van der Waals surface area contributed by atoms with Crippen LogP contribution in [0.4, 0.5) is 18.0 Å². The summed E-state index contributed by atoms with van der Waals surface area (Å²) in [5.74, 6) is -0.713. The zero-order valence-corrected chi connectivity index (χ0v) is 18.1. The number of hydrogen-bond donors (Lipinski definition) is 2. The minimum Gasteiger partial charge on any atom is -0.489 e. The van der Waals surface area contributed by atoms with Gasteiger partial charge in [-0.25, -0.2) is 9.59 Å². The van der Waals surface area contributed by atoms with Gasteiger partial charge in [-0.05, 0) is 37.1 Å². The highest BCUT2D eigenvalue weighted by molar-refractivity contribution is 6.32. The molecule has 2 bridgehead atoms. The van der Waals surface area contributed by atoms with Gasteiger partial charge in [-0.2, -0.15) is 13.2 Å². The number of carbonyl (C=O) groups is 2. The molecule has 0 unspecified atom stereocenters. The van der Waals surface area contributed by atoms with E-state index in [1.807, 2.05) is 0 Å². The van der Waals surface area contributed by atoms with Gasteiger partial charge in [0.1, 0.15) is 11.9 Å². The summed E-state index contributed by atoms with van der Waals surface area (Å²) in [6, 6.07) is 4.50. The number of alkyl halides is 3. The fourth-order valence-corrected chi connectivity index (χ4v) is 4.80. The maximum Gasteiger partial charge on any atom is 0.416 e. The number of halogens is 4. The lowest BCUT2D eigenvalue weighted by Gasteiger charge is -2.39. The third kappa shape index (κ3) is 5.00. The van der Waals surface area contributed by atoms with Crippen molar-refractivity contribution in [2.24, 2.45) is 0 Å². The first-order valence-corrected chi connectivity index (χ1v) is 10.8. The molecule has 2 aromatic rings. The maximum atomic E-state index is 13.2. The van der Waals surface area contributed by atoms with Crippen LogP contribution in [0.1, 0.15) is 47.2 Å². The number of benzene rings is 1. The quantitative estimate of drug-likeness (QED) is 0.641. The first-order valence-electron chi connectivity index (χ1n) is 10.4. The first-order chi connectivity index (χ1) is 15.6. The number of pyridine rings is 1. The van der Waals surface area contributed by atoms with E-state index in [1.165, 1.54) is 18.2 Å². The van der Waals surface area contributed by atoms with Gasteiger partial charge in [0, 0.05) is 49.4 Å². The Morgan fingerprint density at radius 1 is 1.21 bits per heavy atom. The van der Waals surface area contributed by atoms with Gasteiger partial charge < -0.3 is 20.1 Å². The maximum absolute atomic E-state index is 13.2. The number of fused-ring (bicyclic) bond motifs is 2. The van der Waals surface area contributed by atoms with Crippen molar-refractivity contribution in [3.05, 3.63) is 58.4 Å². The summed E-state index contributed by atoms with van der Waals surface area (Å²) in [5.41, 5.74) is -0.858. The van der Waals surface area contributed by atoms with E-state index in [1.54, 1.807) is 4.90 Å². The van der Waals surface area contributed by atoms with Crippen molar-refractivity contribution in [3.8, 4) is 5.75 Å². The molecule has 176 valence electrons. The summed E-state index contributed by atoms with van der Waals surface area (Å²) < 4.78 is 45.5. The molecule has 2 saturated heterocycles. The molecule has 2 aliphatic heterocycles. The lowest BCUT2D eigenvalue weighted by Crippen LogP contribution is -2.52. The largest absolute Gasteiger partial charge is 0.489 e. The third-order valence-corrected chi connectivity index (χ3v) is 6.33. The number of aromatic nitrogens is 1. The molecule has 2 atom stereocenters. The summed E-state index contributed by atoms with van der Waals surface area (Å²) in [7, 11) is 0. The van der Waals surface area contributed by atoms with Crippen molar-refractivity contribution in [2.75, 3.05) is 0 Å². The summed E-state index contributed by atoms with van der Waals surface area (Å²) in [6.45, 7) is -0.275. The van der Waals surface area contributed by atoms with E-state index in [0.717, 1.165) is 31.3 Å². The normalized spacial score (nSPS) is 22.2. The van der Waals surface area contributed by atoms with Gasteiger partial charge in [0.2, 0.25) is 0 Å². The van der Waals surface area contributed by atoms with Gasteiger partial charge in [0.05, 0.1) is 16.1 Å². The van der Waals surface area contributed by atoms with Gasteiger partial charge >= 0.3 is 18.2 Å². The number of carboxylic acids is 1. The Balaban J connectivity index is 1.38. The molecule has 2 fully saturated rings. The second kappa shape index (κ2) is 9.09. The SMILES string of the molecule is O=C(O)c1ccc(OC2C[C@@H]3CC[C@@H](C2)N3C(=O)NCc2cnccc2C(F)(F)F)c(Cl)c1. The number of carbonyl (C=O) groups excluding carboxylic acids is 1. The molecule has 1 aromatic heterocycles. The first kappa shape index (κ1) is 23.2. The smallest absolute Gasteiger partial charge is 0.416 e. The Morgan fingerprint density at radius 2 is 1.91 bits per heavy atom. The Kier molecular flexibility index (Phi) is 6.38. The average molecular weight is 484 g/mol. The molecule has 2 N–H and O–H groups in total. The summed E-state index contributed by atoms with van der Waals surface area (Å²) in [5, 5.41) is 11.8. The van der Waals surface area contributed by atoms with Gasteiger partial charge in [0.25, 0.3) is 0 Å². The number of nitrogens with one attached hydrogen (secondary N) is 1. The summed E-state index contributed by atoms with van der Waals surface area (Å²) in [4.78, 5) is 29.3. The van der Waals surface area contributed by atoms with Crippen LogP contribution in [-0.2, 0) is 12.7 Å². The van der Waals surface area contributed by atoms with Gasteiger partial charge in [-0.3, -0.25) is 4.98 Å². The van der Waals surface area contributed by atoms with E-state index < -0.39 is 23.7 Å². The van der Waals surface area contributed by atoms with Crippen molar-refractivity contribution in [1.82, 2.24) is 15.2 Å². The van der Waals surface area contributed by atoms with Crippen molar-refractivity contribution in [3.63, 3.8) is 0 Å². The standard InChI is InChI=1S/C22H21ClF3N3O4/c23-18-7-12(20(30)31)1-4-19(18)33-16-8-14-2-3-15(9-16)29(14)21(32)28-11-13-10-27-6-5-17(13)22(24,25)26/h1,4-7,10,14-16H,2-3,8-9,11H2,(H,28,32)(H,30,31)/t14-,15-/m0/s1. The predicted molar refractivity (Wildman–Crippen MR) is 112 cm³/mol. The summed E-state index contributed by atoms with van der Waals surface area (Å²) >= 11 is 6.16. The van der Waals surface area contributed by atoms with E-state index in [-0.39, 0.29) is 40.9 Å². The van der Waals surface area contributed by atoms with Crippen LogP contribution >= 0.6 is 11.6 Å². The molecular formula is C22H21ClF3N3O4. The highest BCUT2D eigenvalue weighted by Crippen LogP contribution is 2.38. The van der Waals surface area contributed by atoms with E-state index in [2.05, 4.69) is 10.3 Å². The molecule has 0 aliphatic carbocycles. The zero-order chi connectivity index (χ0) is 23.8. The molecule has 1 aromatic carbocycles. The minimum absolute atomic E-state index is 0.0567. The number of rotatable bonds is 5. The Bertz CT molecular complexity index is 1050. The number of aromatic carboxylic acids is 1. The van der Waals surface area contributed by atoms with Gasteiger partial charge in [-0.1, -0.05) is 11.6 Å². The molecular weight excluding hydrogens is 463 g/mol. The van der Waals surface area contributed by atoms with Crippen molar-refractivity contribution >= 4 is 23.6 Å². The number of urea groups is 1. The fraction of sp³-hybridized carbons (Fsp3) is 0.409. The van der Waals surface area contributed by atoms with Crippen LogP contribution < -0.4 is 10.1 Å². The number of ether oxygens (including phenoxy) is 1. The van der Waals surface area contributed by atoms with E-state index >= 15 is 0 Å². The van der Waals surface area contributed by atoms with E-state index in [0.29, 0.717) is 18.6 Å². The Labute approximate surface area is 192 Å². The minimum atomic E-state index is -4.53. The summed E-state index contributed by atoms with van der Waals surface area (Å²) in [6.07, 6.45) is 0.0621. The number of nitrogens with zero attached hydrogens (tertiary/aromatic N) is 2.